The third kappa shape index (κ3) is 2.33. The van der Waals surface area contributed by atoms with E-state index in [4.69, 9.17) is 5.73 Å². The van der Waals surface area contributed by atoms with Crippen LogP contribution in [-0.4, -0.2) is 56.0 Å². The Balaban J connectivity index is 0.00000128. The molecule has 94 valence electrons. The van der Waals surface area contributed by atoms with E-state index in [0.29, 0.717) is 17.6 Å². The van der Waals surface area contributed by atoms with Crippen LogP contribution in [0.15, 0.2) is 0 Å². The molecule has 2 aliphatic rings. The zero-order chi connectivity index (χ0) is 11.1. The Kier molecular flexibility index (Phi) is 3.87. The highest BCUT2D eigenvalue weighted by atomic mass is 35.5. The van der Waals surface area contributed by atoms with Gasteiger partial charge in [0.05, 0.1) is 31.1 Å². The van der Waals surface area contributed by atoms with Crippen molar-refractivity contribution in [1.82, 2.24) is 0 Å². The molecule has 2 N–H and O–H groups in total. The average molecular weight is 269 g/mol. The number of sulfone groups is 1. The maximum absolute atomic E-state index is 11.3. The molecule has 1 spiro atoms. The van der Waals surface area contributed by atoms with Gasteiger partial charge in [-0.2, -0.15) is 0 Å². The molecule has 0 radical (unpaired) electrons. The molecule has 16 heavy (non-hydrogen) atoms. The summed E-state index contributed by atoms with van der Waals surface area (Å²) >= 11 is 0. The number of quaternary nitrogens is 1. The fourth-order valence-electron chi connectivity index (χ4n) is 2.83. The first-order valence-electron chi connectivity index (χ1n) is 5.31. The standard InChI is InChI=1S/C9H16N2O3S.ClH/c10-9(12)8-2-1-3-11(8)4-6-15(13,14)7-5-11;/h8H,1-7H2,(H-,10,12);1H/t8-;/m0./s1. The Morgan fingerprint density at radius 3 is 2.25 bits per heavy atom. The van der Waals surface area contributed by atoms with Gasteiger partial charge in [0, 0.05) is 12.8 Å². The lowest BCUT2D eigenvalue weighted by Gasteiger charge is -2.41. The van der Waals surface area contributed by atoms with Gasteiger partial charge in [-0.15, -0.1) is 0 Å². The molecule has 0 aromatic rings. The zero-order valence-corrected chi connectivity index (χ0v) is 10.6. The summed E-state index contributed by atoms with van der Waals surface area (Å²) in [4.78, 5) is 11.3. The lowest BCUT2D eigenvalue weighted by Crippen LogP contribution is -3.00. The van der Waals surface area contributed by atoms with Crippen LogP contribution in [0.3, 0.4) is 0 Å². The molecule has 2 fully saturated rings. The SMILES string of the molecule is NC(=O)[C@@H]1CCC[N+]12CCS(=O)(=O)CC2.[Cl-]. The van der Waals surface area contributed by atoms with Gasteiger partial charge >= 0.3 is 0 Å². The molecule has 2 aliphatic heterocycles. The number of hydrogen-bond acceptors (Lipinski definition) is 3. The van der Waals surface area contributed by atoms with Crippen LogP contribution in [0.25, 0.3) is 0 Å². The second-order valence-corrected chi connectivity index (χ2v) is 6.91. The first-order chi connectivity index (χ1) is 6.95. The quantitative estimate of drug-likeness (QED) is 0.491. The molecular formula is C9H17ClN2O3S. The maximum Gasteiger partial charge on any atom is 0.275 e. The second kappa shape index (κ2) is 4.50. The van der Waals surface area contributed by atoms with E-state index in [1.807, 2.05) is 0 Å². The summed E-state index contributed by atoms with van der Waals surface area (Å²) in [6, 6.07) is -0.152. The van der Waals surface area contributed by atoms with Gasteiger partial charge in [-0.05, 0) is 0 Å². The van der Waals surface area contributed by atoms with Gasteiger partial charge in [-0.1, -0.05) is 0 Å². The van der Waals surface area contributed by atoms with Gasteiger partial charge < -0.3 is 22.6 Å². The van der Waals surface area contributed by atoms with E-state index < -0.39 is 9.84 Å². The fraction of sp³-hybridized carbons (Fsp3) is 0.889. The van der Waals surface area contributed by atoms with Crippen molar-refractivity contribution in [2.75, 3.05) is 31.1 Å². The number of carbonyl (C=O) groups excluding carboxylic acids is 1. The van der Waals surface area contributed by atoms with Crippen LogP contribution in [0.1, 0.15) is 12.8 Å². The van der Waals surface area contributed by atoms with Gasteiger partial charge in [0.1, 0.15) is 0 Å². The van der Waals surface area contributed by atoms with Crippen LogP contribution >= 0.6 is 0 Å². The smallest absolute Gasteiger partial charge is 0.275 e. The molecule has 0 saturated carbocycles. The lowest BCUT2D eigenvalue weighted by molar-refractivity contribution is -0.927. The minimum absolute atomic E-state index is 0. The van der Waals surface area contributed by atoms with Crippen molar-refractivity contribution in [3.05, 3.63) is 0 Å². The third-order valence-electron chi connectivity index (χ3n) is 3.77. The Labute approximate surface area is 102 Å². The number of nitrogens with two attached hydrogens (primary N) is 1. The molecule has 5 nitrogen and oxygen atoms in total. The summed E-state index contributed by atoms with van der Waals surface area (Å²) in [6.07, 6.45) is 1.79. The summed E-state index contributed by atoms with van der Waals surface area (Å²) in [5.41, 5.74) is 5.37. The molecule has 0 aromatic carbocycles. The molecular weight excluding hydrogens is 252 g/mol. The van der Waals surface area contributed by atoms with Crippen LogP contribution in [0.5, 0.6) is 0 Å². The van der Waals surface area contributed by atoms with Crippen molar-refractivity contribution >= 4 is 15.7 Å². The predicted molar refractivity (Wildman–Crippen MR) is 55.7 cm³/mol. The van der Waals surface area contributed by atoms with Crippen molar-refractivity contribution in [2.24, 2.45) is 5.73 Å². The van der Waals surface area contributed by atoms with Crippen LogP contribution < -0.4 is 18.1 Å². The molecule has 0 bridgehead atoms. The highest BCUT2D eigenvalue weighted by Crippen LogP contribution is 2.29. The van der Waals surface area contributed by atoms with Gasteiger partial charge in [0.25, 0.3) is 5.91 Å². The van der Waals surface area contributed by atoms with E-state index in [1.165, 1.54) is 0 Å². The van der Waals surface area contributed by atoms with Crippen molar-refractivity contribution < 1.29 is 30.1 Å². The summed E-state index contributed by atoms with van der Waals surface area (Å²) in [5.74, 6) is 0.139. The molecule has 0 unspecified atom stereocenters. The van der Waals surface area contributed by atoms with Crippen LogP contribution in [0.2, 0.25) is 0 Å². The largest absolute Gasteiger partial charge is 1.00 e. The molecule has 2 heterocycles. The van der Waals surface area contributed by atoms with E-state index in [-0.39, 0.29) is 35.9 Å². The monoisotopic (exact) mass is 268 g/mol. The summed E-state index contributed by atoms with van der Waals surface area (Å²) in [6.45, 7) is 2.04. The Hall–Kier alpha value is -0.330. The first kappa shape index (κ1) is 13.7. The number of carbonyl (C=O) groups is 1. The first-order valence-corrected chi connectivity index (χ1v) is 7.13. The van der Waals surface area contributed by atoms with E-state index in [1.54, 1.807) is 0 Å². The number of halogens is 1. The Bertz CT molecular complexity index is 368. The minimum Gasteiger partial charge on any atom is -1.00 e. The van der Waals surface area contributed by atoms with E-state index in [9.17, 15) is 13.2 Å². The number of nitrogens with zero attached hydrogens (tertiary/aromatic N) is 1. The van der Waals surface area contributed by atoms with Gasteiger partial charge in [0.15, 0.2) is 15.9 Å². The van der Waals surface area contributed by atoms with E-state index in [2.05, 4.69) is 0 Å². The Morgan fingerprint density at radius 1 is 1.19 bits per heavy atom. The highest BCUT2D eigenvalue weighted by Gasteiger charge is 2.48. The number of primary amides is 1. The highest BCUT2D eigenvalue weighted by molar-refractivity contribution is 7.91. The molecule has 0 aromatic heterocycles. The van der Waals surface area contributed by atoms with Gasteiger partial charge in [0.2, 0.25) is 0 Å². The third-order valence-corrected chi connectivity index (χ3v) is 5.37. The Morgan fingerprint density at radius 2 is 1.75 bits per heavy atom. The molecule has 1 amide bonds. The van der Waals surface area contributed by atoms with E-state index in [0.717, 1.165) is 19.4 Å². The zero-order valence-electron chi connectivity index (χ0n) is 9.06. The molecule has 2 saturated heterocycles. The topological polar surface area (TPSA) is 77.2 Å². The summed E-state index contributed by atoms with van der Waals surface area (Å²) in [5, 5.41) is 0. The summed E-state index contributed by atoms with van der Waals surface area (Å²) in [7, 11) is -2.86. The lowest BCUT2D eigenvalue weighted by atomic mass is 10.2. The van der Waals surface area contributed by atoms with Crippen LogP contribution in [-0.2, 0) is 14.6 Å². The maximum atomic E-state index is 11.3. The fourth-order valence-corrected chi connectivity index (χ4v) is 4.32. The molecule has 2 rings (SSSR count). The minimum atomic E-state index is -2.86. The number of amides is 1. The van der Waals surface area contributed by atoms with Crippen LogP contribution in [0.4, 0.5) is 0 Å². The number of rotatable bonds is 1. The van der Waals surface area contributed by atoms with Crippen molar-refractivity contribution in [2.45, 2.75) is 18.9 Å². The van der Waals surface area contributed by atoms with Gasteiger partial charge in [-0.25, -0.2) is 8.42 Å². The summed E-state index contributed by atoms with van der Waals surface area (Å²) < 4.78 is 23.3. The van der Waals surface area contributed by atoms with Crippen LogP contribution in [0, 0.1) is 0 Å². The van der Waals surface area contributed by atoms with E-state index >= 15 is 0 Å². The average Bonchev–Trinajstić information content (AvgIpc) is 2.55. The molecule has 1 atom stereocenters. The van der Waals surface area contributed by atoms with Crippen molar-refractivity contribution in [3.8, 4) is 0 Å². The van der Waals surface area contributed by atoms with Gasteiger partial charge in [-0.3, -0.25) is 4.79 Å². The molecule has 0 aliphatic carbocycles. The number of hydrogen-bond donors (Lipinski definition) is 1. The predicted octanol–water partition coefficient (Wildman–Crippen LogP) is -4.12. The molecule has 7 heteroatoms. The van der Waals surface area contributed by atoms with Crippen molar-refractivity contribution in [3.63, 3.8) is 0 Å². The normalized spacial score (nSPS) is 30.9. The second-order valence-electron chi connectivity index (χ2n) is 4.60. The van der Waals surface area contributed by atoms with Crippen molar-refractivity contribution in [1.29, 1.82) is 0 Å².